The highest BCUT2D eigenvalue weighted by atomic mass is 28.4. The minimum atomic E-state index is -2.77. The average Bonchev–Trinajstić information content (AvgIpc) is 2.38. The summed E-state index contributed by atoms with van der Waals surface area (Å²) >= 11 is 0. The van der Waals surface area contributed by atoms with Crippen LogP contribution in [0.4, 0.5) is 0 Å². The molecule has 0 N–H and O–H groups in total. The zero-order valence-corrected chi connectivity index (χ0v) is 15.7. The van der Waals surface area contributed by atoms with Gasteiger partial charge in [0.05, 0.1) is 0 Å². The Morgan fingerprint density at radius 1 is 0.600 bits per heavy atom. The number of hydrogen-bond acceptors (Lipinski definition) is 5. The molecule has 0 aromatic carbocycles. The van der Waals surface area contributed by atoms with E-state index in [-0.39, 0.29) is 0 Å². The van der Waals surface area contributed by atoms with Gasteiger partial charge < -0.3 is 22.1 Å². The summed E-state index contributed by atoms with van der Waals surface area (Å²) in [4.78, 5) is 0. The van der Waals surface area contributed by atoms with Gasteiger partial charge in [0.15, 0.2) is 0 Å². The molecular weight excluding hydrogens is 292 g/mol. The lowest BCUT2D eigenvalue weighted by Crippen LogP contribution is -2.46. The second-order valence-corrected chi connectivity index (χ2v) is 9.47. The third-order valence-electron chi connectivity index (χ3n) is 2.49. The molecule has 0 aromatic heterocycles. The molecule has 0 amide bonds. The lowest BCUT2D eigenvalue weighted by Gasteiger charge is -2.27. The van der Waals surface area contributed by atoms with E-state index in [0.717, 1.165) is 0 Å². The van der Waals surface area contributed by atoms with Crippen LogP contribution in [0.15, 0.2) is 11.4 Å². The first-order valence-electron chi connectivity index (χ1n) is 7.41. The molecule has 20 heavy (non-hydrogen) atoms. The van der Waals surface area contributed by atoms with E-state index in [1.807, 2.05) is 52.6 Å². The molecule has 0 saturated heterocycles. The van der Waals surface area contributed by atoms with Crippen molar-refractivity contribution in [3.63, 3.8) is 0 Å². The molecule has 0 aliphatic heterocycles. The van der Waals surface area contributed by atoms with Crippen LogP contribution >= 0.6 is 0 Å². The fraction of sp³-hybridized carbons (Fsp3) is 0.846. The standard InChI is InChI=1S/C13H30O5Si2/c1-7-14-19(6,15-8-2)12-13-20(16-9-3,17-10-4)18-11-5/h12-13H,7-11H2,1-6H3. The Labute approximate surface area is 125 Å². The maximum Gasteiger partial charge on any atom is 0.529 e. The quantitative estimate of drug-likeness (QED) is 0.517. The summed E-state index contributed by atoms with van der Waals surface area (Å²) in [6.45, 7) is 14.7. The molecule has 0 aromatic rings. The largest absolute Gasteiger partial charge is 0.529 e. The van der Waals surface area contributed by atoms with Gasteiger partial charge in [0.1, 0.15) is 0 Å². The van der Waals surface area contributed by atoms with Gasteiger partial charge in [-0.25, -0.2) is 0 Å². The second kappa shape index (κ2) is 10.7. The molecule has 0 radical (unpaired) electrons. The van der Waals surface area contributed by atoms with Crippen molar-refractivity contribution in [2.45, 2.75) is 41.2 Å². The molecule has 0 fully saturated rings. The maximum absolute atomic E-state index is 5.79. The molecule has 0 bridgehead atoms. The van der Waals surface area contributed by atoms with Crippen LogP contribution in [0, 0.1) is 0 Å². The van der Waals surface area contributed by atoms with E-state index in [1.54, 1.807) is 0 Å². The molecule has 0 unspecified atom stereocenters. The highest BCUT2D eigenvalue weighted by Crippen LogP contribution is 2.16. The van der Waals surface area contributed by atoms with Gasteiger partial charge in [0.25, 0.3) is 0 Å². The van der Waals surface area contributed by atoms with Gasteiger partial charge in [-0.2, -0.15) is 0 Å². The summed E-state index contributed by atoms with van der Waals surface area (Å²) in [6, 6.07) is 0. The molecule has 0 rings (SSSR count). The summed E-state index contributed by atoms with van der Waals surface area (Å²) in [7, 11) is -5.10. The van der Waals surface area contributed by atoms with Crippen LogP contribution in [0.5, 0.6) is 0 Å². The van der Waals surface area contributed by atoms with E-state index < -0.39 is 17.4 Å². The molecule has 0 atom stereocenters. The minimum Gasteiger partial charge on any atom is -0.392 e. The van der Waals surface area contributed by atoms with E-state index in [1.165, 1.54) is 0 Å². The van der Waals surface area contributed by atoms with Gasteiger partial charge in [0, 0.05) is 33.0 Å². The summed E-state index contributed by atoms with van der Waals surface area (Å²) < 4.78 is 28.9. The zero-order valence-electron chi connectivity index (χ0n) is 13.7. The lowest BCUT2D eigenvalue weighted by molar-refractivity contribution is 0.0841. The van der Waals surface area contributed by atoms with Gasteiger partial charge in [0.2, 0.25) is 0 Å². The molecule has 0 aliphatic rings. The van der Waals surface area contributed by atoms with E-state index in [2.05, 4.69) is 0 Å². The molecular formula is C13H30O5Si2. The van der Waals surface area contributed by atoms with Crippen LogP contribution < -0.4 is 0 Å². The Bertz CT molecular complexity index is 250. The normalized spacial score (nSPS) is 13.3. The molecule has 0 heterocycles. The van der Waals surface area contributed by atoms with Gasteiger partial charge >= 0.3 is 17.4 Å². The Hall–Kier alpha value is -0.0262. The molecule has 120 valence electrons. The topological polar surface area (TPSA) is 46.2 Å². The van der Waals surface area contributed by atoms with Gasteiger partial charge in [-0.3, -0.25) is 0 Å². The van der Waals surface area contributed by atoms with E-state index in [4.69, 9.17) is 22.1 Å². The van der Waals surface area contributed by atoms with Crippen molar-refractivity contribution in [2.24, 2.45) is 0 Å². The van der Waals surface area contributed by atoms with Gasteiger partial charge in [-0.1, -0.05) is 0 Å². The first kappa shape index (κ1) is 20.0. The minimum absolute atomic E-state index is 0.554. The molecule has 0 aliphatic carbocycles. The Balaban J connectivity index is 5.10. The smallest absolute Gasteiger partial charge is 0.392 e. The van der Waals surface area contributed by atoms with Crippen LogP contribution in [-0.4, -0.2) is 50.4 Å². The lowest BCUT2D eigenvalue weighted by atomic mass is 10.9. The Morgan fingerprint density at radius 2 is 0.950 bits per heavy atom. The SMILES string of the molecule is CCO[Si](C)(C=C[Si](OCC)(OCC)OCC)OCC. The summed E-state index contributed by atoms with van der Waals surface area (Å²) in [5.41, 5.74) is 3.90. The second-order valence-electron chi connectivity index (χ2n) is 4.12. The molecule has 5 nitrogen and oxygen atoms in total. The predicted molar refractivity (Wildman–Crippen MR) is 84.6 cm³/mol. The first-order chi connectivity index (χ1) is 9.51. The third-order valence-corrected chi connectivity index (χ3v) is 7.97. The summed E-state index contributed by atoms with van der Waals surface area (Å²) in [6.07, 6.45) is 0. The third kappa shape index (κ3) is 7.12. The molecule has 0 saturated carbocycles. The highest BCUT2D eigenvalue weighted by molar-refractivity contribution is 6.75. The van der Waals surface area contributed by atoms with Crippen molar-refractivity contribution in [1.29, 1.82) is 0 Å². The van der Waals surface area contributed by atoms with Crippen LogP contribution in [0.1, 0.15) is 34.6 Å². The van der Waals surface area contributed by atoms with Crippen LogP contribution in [0.3, 0.4) is 0 Å². The van der Waals surface area contributed by atoms with E-state index in [0.29, 0.717) is 33.0 Å². The average molecular weight is 323 g/mol. The zero-order chi connectivity index (χ0) is 15.5. The van der Waals surface area contributed by atoms with Gasteiger partial charge in [-0.15, -0.1) is 0 Å². The van der Waals surface area contributed by atoms with Crippen molar-refractivity contribution in [3.8, 4) is 0 Å². The van der Waals surface area contributed by atoms with Crippen molar-refractivity contribution >= 4 is 17.4 Å². The number of hydrogen-bond donors (Lipinski definition) is 0. The Kier molecular flexibility index (Phi) is 10.7. The van der Waals surface area contributed by atoms with E-state index >= 15 is 0 Å². The Morgan fingerprint density at radius 3 is 1.25 bits per heavy atom. The predicted octanol–water partition coefficient (Wildman–Crippen LogP) is 2.81. The van der Waals surface area contributed by atoms with Crippen molar-refractivity contribution in [3.05, 3.63) is 11.4 Å². The fourth-order valence-electron chi connectivity index (χ4n) is 1.84. The highest BCUT2D eigenvalue weighted by Gasteiger charge is 2.40. The van der Waals surface area contributed by atoms with Gasteiger partial charge in [-0.05, 0) is 52.6 Å². The van der Waals surface area contributed by atoms with Crippen LogP contribution in [0.25, 0.3) is 0 Å². The summed E-state index contributed by atoms with van der Waals surface area (Å²) in [5.74, 6) is 0. The van der Waals surface area contributed by atoms with Crippen molar-refractivity contribution in [2.75, 3.05) is 33.0 Å². The van der Waals surface area contributed by atoms with Crippen LogP contribution in [-0.2, 0) is 22.1 Å². The fourth-order valence-corrected chi connectivity index (χ4v) is 7.03. The van der Waals surface area contributed by atoms with Crippen molar-refractivity contribution in [1.82, 2.24) is 0 Å². The number of rotatable bonds is 12. The molecule has 7 heteroatoms. The van der Waals surface area contributed by atoms with Crippen molar-refractivity contribution < 1.29 is 22.1 Å². The molecule has 0 spiro atoms. The maximum atomic E-state index is 5.79. The summed E-state index contributed by atoms with van der Waals surface area (Å²) in [5, 5.41) is 0. The van der Waals surface area contributed by atoms with E-state index in [9.17, 15) is 0 Å². The first-order valence-corrected chi connectivity index (χ1v) is 11.6. The van der Waals surface area contributed by atoms with Crippen LogP contribution in [0.2, 0.25) is 6.55 Å². The monoisotopic (exact) mass is 322 g/mol.